The molecule has 0 amide bonds. The molecule has 1 aliphatic rings. The maximum Gasteiger partial charge on any atom is 0.416 e. The minimum Gasteiger partial charge on any atom is -0.325 e. The first kappa shape index (κ1) is 19.4. The van der Waals surface area contributed by atoms with E-state index >= 15 is 0 Å². The van der Waals surface area contributed by atoms with E-state index in [9.17, 15) is 13.2 Å². The molecule has 142 valence electrons. The van der Waals surface area contributed by atoms with Gasteiger partial charge in [0, 0.05) is 17.6 Å². The normalized spacial score (nSPS) is 14.0. The van der Waals surface area contributed by atoms with Crippen LogP contribution >= 0.6 is 12.4 Å². The van der Waals surface area contributed by atoms with Crippen LogP contribution in [-0.2, 0) is 12.6 Å². The Bertz CT molecular complexity index is 1000. The molecule has 0 unspecified atom stereocenters. The molecule has 0 fully saturated rings. The van der Waals surface area contributed by atoms with E-state index in [1.54, 1.807) is 6.07 Å². The Balaban J connectivity index is 0.00000210. The highest BCUT2D eigenvalue weighted by atomic mass is 35.5. The van der Waals surface area contributed by atoms with Gasteiger partial charge in [-0.15, -0.1) is 12.4 Å². The van der Waals surface area contributed by atoms with E-state index in [4.69, 9.17) is 0 Å². The maximum absolute atomic E-state index is 13.2. The summed E-state index contributed by atoms with van der Waals surface area (Å²) in [5.41, 5.74) is 3.91. The van der Waals surface area contributed by atoms with Gasteiger partial charge in [0.05, 0.1) is 11.1 Å². The fraction of sp³-hybridized carbons (Fsp3) is 0.300. The number of rotatable bonds is 1. The van der Waals surface area contributed by atoms with Crippen molar-refractivity contribution in [3.8, 4) is 0 Å². The van der Waals surface area contributed by atoms with Crippen LogP contribution in [0.4, 0.5) is 24.7 Å². The van der Waals surface area contributed by atoms with Crippen LogP contribution in [0.1, 0.15) is 28.7 Å². The molecule has 0 atom stereocenters. The predicted molar refractivity (Wildman–Crippen MR) is 103 cm³/mol. The zero-order chi connectivity index (χ0) is 18.5. The van der Waals surface area contributed by atoms with E-state index in [1.807, 2.05) is 30.9 Å². The van der Waals surface area contributed by atoms with Gasteiger partial charge in [0.2, 0.25) is 0 Å². The fourth-order valence-corrected chi connectivity index (χ4v) is 3.49. The lowest BCUT2D eigenvalue weighted by Crippen LogP contribution is -2.26. The van der Waals surface area contributed by atoms with E-state index in [2.05, 4.69) is 9.97 Å². The average molecular weight is 394 g/mol. The van der Waals surface area contributed by atoms with Crippen LogP contribution in [0.2, 0.25) is 0 Å². The quantitative estimate of drug-likeness (QED) is 0.525. The SMILES string of the molecule is Cc1cc2ncnc(N3CCCc4ccc(C(F)(F)F)cc43)c2cc1C.Cl. The molecule has 27 heavy (non-hydrogen) atoms. The van der Waals surface area contributed by atoms with E-state index < -0.39 is 11.7 Å². The van der Waals surface area contributed by atoms with Gasteiger partial charge in [-0.05, 0) is 67.6 Å². The lowest BCUT2D eigenvalue weighted by atomic mass is 9.98. The molecule has 1 aromatic heterocycles. The Morgan fingerprint density at radius 2 is 1.74 bits per heavy atom. The zero-order valence-corrected chi connectivity index (χ0v) is 15.8. The minimum absolute atomic E-state index is 0. The van der Waals surface area contributed by atoms with Gasteiger partial charge in [0.25, 0.3) is 0 Å². The van der Waals surface area contributed by atoms with Crippen molar-refractivity contribution in [1.82, 2.24) is 9.97 Å². The highest BCUT2D eigenvalue weighted by Crippen LogP contribution is 2.39. The van der Waals surface area contributed by atoms with Gasteiger partial charge >= 0.3 is 6.18 Å². The van der Waals surface area contributed by atoms with Gasteiger partial charge in [-0.3, -0.25) is 0 Å². The van der Waals surface area contributed by atoms with Gasteiger partial charge < -0.3 is 4.90 Å². The highest BCUT2D eigenvalue weighted by molar-refractivity contribution is 5.93. The third-order valence-electron chi connectivity index (χ3n) is 5.02. The first-order valence-electron chi connectivity index (χ1n) is 8.54. The van der Waals surface area contributed by atoms with Crippen LogP contribution in [0.15, 0.2) is 36.7 Å². The molecule has 0 aliphatic carbocycles. The smallest absolute Gasteiger partial charge is 0.325 e. The summed E-state index contributed by atoms with van der Waals surface area (Å²) in [6, 6.07) is 8.00. The van der Waals surface area contributed by atoms with Crippen molar-refractivity contribution in [2.45, 2.75) is 32.9 Å². The summed E-state index contributed by atoms with van der Waals surface area (Å²) in [5.74, 6) is 0.665. The lowest BCUT2D eigenvalue weighted by Gasteiger charge is -2.31. The Hall–Kier alpha value is -2.34. The number of halogens is 4. The van der Waals surface area contributed by atoms with Crippen molar-refractivity contribution in [1.29, 1.82) is 0 Å². The molecule has 0 saturated heterocycles. The summed E-state index contributed by atoms with van der Waals surface area (Å²) in [4.78, 5) is 10.7. The molecule has 4 rings (SSSR count). The number of fused-ring (bicyclic) bond motifs is 2. The van der Waals surface area contributed by atoms with Crippen LogP contribution in [0, 0.1) is 13.8 Å². The largest absolute Gasteiger partial charge is 0.416 e. The molecular weight excluding hydrogens is 375 g/mol. The first-order valence-corrected chi connectivity index (χ1v) is 8.54. The standard InChI is InChI=1S/C20H18F3N3.ClH/c1-12-8-16-17(9-13(12)2)24-11-25-19(16)26-7-3-4-14-5-6-15(10-18(14)26)20(21,22)23;/h5-6,8-11H,3-4,7H2,1-2H3;1H. The second-order valence-corrected chi connectivity index (χ2v) is 6.75. The second-order valence-electron chi connectivity index (χ2n) is 6.75. The molecular formula is C20H19ClF3N3. The Morgan fingerprint density at radius 3 is 2.48 bits per heavy atom. The molecule has 2 heterocycles. The zero-order valence-electron chi connectivity index (χ0n) is 15.0. The van der Waals surface area contributed by atoms with Gasteiger partial charge in [-0.25, -0.2) is 9.97 Å². The van der Waals surface area contributed by atoms with Crippen molar-refractivity contribution >= 4 is 34.8 Å². The van der Waals surface area contributed by atoms with E-state index in [-0.39, 0.29) is 12.4 Å². The van der Waals surface area contributed by atoms with Gasteiger partial charge in [-0.2, -0.15) is 13.2 Å². The van der Waals surface area contributed by atoms with Gasteiger partial charge in [0.15, 0.2) is 0 Å². The molecule has 0 bridgehead atoms. The van der Waals surface area contributed by atoms with Crippen LogP contribution in [-0.4, -0.2) is 16.5 Å². The molecule has 3 aromatic rings. The Morgan fingerprint density at radius 1 is 1.00 bits per heavy atom. The van der Waals surface area contributed by atoms with Gasteiger partial charge in [0.1, 0.15) is 12.1 Å². The summed E-state index contributed by atoms with van der Waals surface area (Å²) < 4.78 is 39.6. The molecule has 7 heteroatoms. The summed E-state index contributed by atoms with van der Waals surface area (Å²) in [7, 11) is 0. The van der Waals surface area contributed by atoms with Crippen LogP contribution in [0.5, 0.6) is 0 Å². The molecule has 0 spiro atoms. The summed E-state index contributed by atoms with van der Waals surface area (Å²) in [6.45, 7) is 4.66. The maximum atomic E-state index is 13.2. The van der Waals surface area contributed by atoms with Crippen LogP contribution in [0.3, 0.4) is 0 Å². The molecule has 0 N–H and O–H groups in total. The molecule has 3 nitrogen and oxygen atoms in total. The Kier molecular flexibility index (Phi) is 5.04. The van der Waals surface area contributed by atoms with Crippen molar-refractivity contribution in [3.05, 3.63) is 58.9 Å². The monoisotopic (exact) mass is 393 g/mol. The van der Waals surface area contributed by atoms with Gasteiger partial charge in [-0.1, -0.05) is 6.07 Å². The van der Waals surface area contributed by atoms with Crippen LogP contribution < -0.4 is 4.90 Å². The third kappa shape index (κ3) is 3.46. The summed E-state index contributed by atoms with van der Waals surface area (Å²) >= 11 is 0. The number of alkyl halides is 3. The molecule has 0 saturated carbocycles. The second kappa shape index (κ2) is 7.00. The van der Waals surface area contributed by atoms with E-state index in [1.165, 1.54) is 12.4 Å². The molecule has 1 aliphatic heterocycles. The minimum atomic E-state index is -4.36. The molecule has 0 radical (unpaired) electrons. The third-order valence-corrected chi connectivity index (χ3v) is 5.02. The number of benzene rings is 2. The summed E-state index contributed by atoms with van der Waals surface area (Å²) in [6.07, 6.45) is -1.24. The predicted octanol–water partition coefficient (Wildman–Crippen LogP) is 5.77. The summed E-state index contributed by atoms with van der Waals surface area (Å²) in [5, 5.41) is 0.862. The van der Waals surface area contributed by atoms with E-state index in [0.717, 1.165) is 46.5 Å². The Labute approximate surface area is 161 Å². The number of nitrogens with zero attached hydrogens (tertiary/aromatic N) is 3. The van der Waals surface area contributed by atoms with Crippen molar-refractivity contribution in [3.63, 3.8) is 0 Å². The van der Waals surface area contributed by atoms with Crippen molar-refractivity contribution < 1.29 is 13.2 Å². The molecule has 2 aromatic carbocycles. The number of aromatic nitrogens is 2. The van der Waals surface area contributed by atoms with E-state index in [0.29, 0.717) is 18.1 Å². The highest BCUT2D eigenvalue weighted by Gasteiger charge is 2.32. The topological polar surface area (TPSA) is 29.0 Å². The van der Waals surface area contributed by atoms with Crippen LogP contribution in [0.25, 0.3) is 10.9 Å². The lowest BCUT2D eigenvalue weighted by molar-refractivity contribution is -0.137. The first-order chi connectivity index (χ1) is 12.3. The number of aryl methyl sites for hydroxylation is 3. The number of anilines is 2. The van der Waals surface area contributed by atoms with Crippen molar-refractivity contribution in [2.24, 2.45) is 0 Å². The number of hydrogen-bond acceptors (Lipinski definition) is 3. The van der Waals surface area contributed by atoms with Crippen molar-refractivity contribution in [2.75, 3.05) is 11.4 Å². The average Bonchev–Trinajstić information content (AvgIpc) is 2.60. The number of hydrogen-bond donors (Lipinski definition) is 0. The fourth-order valence-electron chi connectivity index (χ4n) is 3.49.